The van der Waals surface area contributed by atoms with Gasteiger partial charge < -0.3 is 10.5 Å². The van der Waals surface area contributed by atoms with Crippen molar-refractivity contribution in [2.24, 2.45) is 5.73 Å². The predicted octanol–water partition coefficient (Wildman–Crippen LogP) is 0.868. The summed E-state index contributed by atoms with van der Waals surface area (Å²) >= 11 is 0. The fourth-order valence-electron chi connectivity index (χ4n) is 1.76. The summed E-state index contributed by atoms with van der Waals surface area (Å²) in [5.74, 6) is 0.132. The number of likely N-dealkylation sites (tertiary alicyclic amines) is 1. The Kier molecular flexibility index (Phi) is 3.10. The molecular weight excluding hydrogens is 204 g/mol. The van der Waals surface area contributed by atoms with Crippen molar-refractivity contribution in [1.29, 1.82) is 0 Å². The minimum Gasteiger partial charge on any atom is -0.491 e. The summed E-state index contributed by atoms with van der Waals surface area (Å²) in [6, 6.07) is 7.54. The van der Waals surface area contributed by atoms with Gasteiger partial charge in [0.25, 0.3) is 5.91 Å². The first kappa shape index (κ1) is 11.0. The molecule has 0 aliphatic carbocycles. The third-order valence-corrected chi connectivity index (χ3v) is 3.02. The second kappa shape index (κ2) is 4.53. The van der Waals surface area contributed by atoms with E-state index in [1.165, 1.54) is 0 Å². The number of likely N-dealkylation sites (N-methyl/N-ethyl adjacent to an activating group) is 1. The zero-order chi connectivity index (χ0) is 11.5. The maximum Gasteiger partial charge on any atom is 0.252 e. The van der Waals surface area contributed by atoms with Crippen molar-refractivity contribution >= 4 is 5.91 Å². The Hall–Kier alpha value is -1.55. The number of amides is 1. The highest BCUT2D eigenvalue weighted by atomic mass is 16.5. The normalized spacial score (nSPS) is 20.2. The van der Waals surface area contributed by atoms with Gasteiger partial charge >= 0.3 is 0 Å². The van der Waals surface area contributed by atoms with Crippen molar-refractivity contribution in [3.63, 3.8) is 0 Å². The second-order valence-electron chi connectivity index (χ2n) is 4.09. The van der Waals surface area contributed by atoms with Gasteiger partial charge in [0.1, 0.15) is 12.4 Å². The number of primary amides is 1. The summed E-state index contributed by atoms with van der Waals surface area (Å²) in [5, 5.41) is 0. The van der Waals surface area contributed by atoms with Crippen LogP contribution in [0.15, 0.2) is 24.3 Å². The van der Waals surface area contributed by atoms with Crippen molar-refractivity contribution in [2.75, 3.05) is 20.2 Å². The number of rotatable bonds is 4. The van der Waals surface area contributed by atoms with Gasteiger partial charge in [-0.2, -0.15) is 0 Å². The van der Waals surface area contributed by atoms with Crippen molar-refractivity contribution < 1.29 is 9.53 Å². The van der Waals surface area contributed by atoms with Crippen molar-refractivity contribution in [1.82, 2.24) is 4.90 Å². The lowest BCUT2D eigenvalue weighted by atomic mass is 10.1. The number of ether oxygens (including phenoxy) is 1. The third kappa shape index (κ3) is 2.17. The fourth-order valence-corrected chi connectivity index (χ4v) is 1.76. The molecular formula is C12H16N2O2. The Morgan fingerprint density at radius 1 is 1.56 bits per heavy atom. The molecule has 16 heavy (non-hydrogen) atoms. The topological polar surface area (TPSA) is 55.6 Å². The Morgan fingerprint density at radius 2 is 2.31 bits per heavy atom. The molecule has 1 saturated heterocycles. The average Bonchev–Trinajstić information content (AvgIpc) is 2.27. The first-order valence-corrected chi connectivity index (χ1v) is 5.40. The Morgan fingerprint density at radius 3 is 2.88 bits per heavy atom. The quantitative estimate of drug-likeness (QED) is 0.819. The molecule has 1 heterocycles. The van der Waals surface area contributed by atoms with Gasteiger partial charge in [-0.05, 0) is 32.1 Å². The number of nitrogens with zero attached hydrogens (tertiary/aromatic N) is 1. The zero-order valence-electron chi connectivity index (χ0n) is 9.35. The van der Waals surface area contributed by atoms with Crippen molar-refractivity contribution in [3.05, 3.63) is 29.8 Å². The van der Waals surface area contributed by atoms with E-state index < -0.39 is 5.91 Å². The lowest BCUT2D eigenvalue weighted by Gasteiger charge is -2.37. The minimum absolute atomic E-state index is 0.447. The van der Waals surface area contributed by atoms with E-state index in [0.717, 1.165) is 13.0 Å². The molecule has 1 amide bonds. The van der Waals surface area contributed by atoms with E-state index in [9.17, 15) is 4.79 Å². The van der Waals surface area contributed by atoms with E-state index in [-0.39, 0.29) is 0 Å². The number of hydrogen-bond donors (Lipinski definition) is 1. The van der Waals surface area contributed by atoms with E-state index in [0.29, 0.717) is 24.0 Å². The van der Waals surface area contributed by atoms with Gasteiger partial charge in [0.05, 0.1) is 5.56 Å². The van der Waals surface area contributed by atoms with Crippen LogP contribution in [0.1, 0.15) is 16.8 Å². The van der Waals surface area contributed by atoms with Crippen LogP contribution < -0.4 is 10.5 Å². The summed E-state index contributed by atoms with van der Waals surface area (Å²) in [4.78, 5) is 13.4. The van der Waals surface area contributed by atoms with Gasteiger partial charge in [0.2, 0.25) is 0 Å². The van der Waals surface area contributed by atoms with Crippen LogP contribution in [0.3, 0.4) is 0 Å². The largest absolute Gasteiger partial charge is 0.491 e. The van der Waals surface area contributed by atoms with Crippen LogP contribution in [0.4, 0.5) is 0 Å². The van der Waals surface area contributed by atoms with Crippen LogP contribution in [0.25, 0.3) is 0 Å². The molecule has 2 rings (SSSR count). The molecule has 0 saturated carbocycles. The van der Waals surface area contributed by atoms with Crippen LogP contribution in [-0.2, 0) is 0 Å². The molecule has 0 bridgehead atoms. The van der Waals surface area contributed by atoms with Crippen molar-refractivity contribution in [3.8, 4) is 5.75 Å². The number of hydrogen-bond acceptors (Lipinski definition) is 3. The Labute approximate surface area is 95.0 Å². The molecule has 1 aromatic carbocycles. The van der Waals surface area contributed by atoms with Gasteiger partial charge in [0.15, 0.2) is 0 Å². The summed E-state index contributed by atoms with van der Waals surface area (Å²) in [6.07, 6.45) is 1.15. The average molecular weight is 220 g/mol. The van der Waals surface area contributed by atoms with E-state index in [1.807, 2.05) is 6.07 Å². The van der Waals surface area contributed by atoms with Gasteiger partial charge in [-0.15, -0.1) is 0 Å². The van der Waals surface area contributed by atoms with Crippen LogP contribution in [0.2, 0.25) is 0 Å². The number of carbonyl (C=O) groups is 1. The first-order chi connectivity index (χ1) is 7.68. The molecule has 1 aliphatic heterocycles. The van der Waals surface area contributed by atoms with Crippen LogP contribution in [0, 0.1) is 0 Å². The van der Waals surface area contributed by atoms with Crippen LogP contribution in [-0.4, -0.2) is 37.0 Å². The lowest BCUT2D eigenvalue weighted by molar-refractivity contribution is 0.0759. The number of nitrogens with two attached hydrogens (primary N) is 1. The standard InChI is InChI=1S/C12H16N2O2/c1-14-7-6-9(14)8-16-11-5-3-2-4-10(11)12(13)15/h2-5,9H,6-8H2,1H3,(H2,13,15)/t9-/m0/s1. The number of benzene rings is 1. The second-order valence-corrected chi connectivity index (χ2v) is 4.09. The Balaban J connectivity index is 2.00. The minimum atomic E-state index is -0.447. The lowest BCUT2D eigenvalue weighted by Crippen LogP contribution is -2.48. The monoisotopic (exact) mass is 220 g/mol. The molecule has 1 aliphatic rings. The van der Waals surface area contributed by atoms with Gasteiger partial charge in [-0.1, -0.05) is 12.1 Å². The third-order valence-electron chi connectivity index (χ3n) is 3.02. The Bertz CT molecular complexity index is 392. The highest BCUT2D eigenvalue weighted by Crippen LogP contribution is 2.20. The zero-order valence-corrected chi connectivity index (χ0v) is 9.35. The molecule has 4 nitrogen and oxygen atoms in total. The highest BCUT2D eigenvalue weighted by molar-refractivity contribution is 5.95. The van der Waals surface area contributed by atoms with E-state index >= 15 is 0 Å². The highest BCUT2D eigenvalue weighted by Gasteiger charge is 2.24. The first-order valence-electron chi connectivity index (χ1n) is 5.40. The molecule has 0 aromatic heterocycles. The molecule has 0 unspecified atom stereocenters. The molecule has 2 N–H and O–H groups in total. The summed E-state index contributed by atoms with van der Waals surface area (Å²) in [5.41, 5.74) is 5.71. The molecule has 1 atom stereocenters. The SMILES string of the molecule is CN1CC[C@H]1COc1ccccc1C(N)=O. The van der Waals surface area contributed by atoms with Crippen LogP contribution >= 0.6 is 0 Å². The smallest absolute Gasteiger partial charge is 0.252 e. The van der Waals surface area contributed by atoms with Crippen LogP contribution in [0.5, 0.6) is 5.75 Å². The summed E-state index contributed by atoms with van der Waals surface area (Å²) in [6.45, 7) is 1.73. The maximum absolute atomic E-state index is 11.1. The van der Waals surface area contributed by atoms with Gasteiger partial charge in [-0.25, -0.2) is 0 Å². The summed E-state index contributed by atoms with van der Waals surface area (Å²) in [7, 11) is 2.07. The molecule has 4 heteroatoms. The van der Waals surface area contributed by atoms with Gasteiger partial charge in [0, 0.05) is 6.04 Å². The maximum atomic E-state index is 11.1. The summed E-state index contributed by atoms with van der Waals surface area (Å²) < 4.78 is 5.63. The predicted molar refractivity (Wildman–Crippen MR) is 61.5 cm³/mol. The molecule has 0 spiro atoms. The van der Waals surface area contributed by atoms with Crippen molar-refractivity contribution in [2.45, 2.75) is 12.5 Å². The molecule has 1 aromatic rings. The van der Waals surface area contributed by atoms with E-state index in [4.69, 9.17) is 10.5 Å². The van der Waals surface area contributed by atoms with E-state index in [1.54, 1.807) is 18.2 Å². The molecule has 86 valence electrons. The number of carbonyl (C=O) groups excluding carboxylic acids is 1. The number of para-hydroxylation sites is 1. The molecule has 1 fully saturated rings. The van der Waals surface area contributed by atoms with Gasteiger partial charge in [-0.3, -0.25) is 9.69 Å². The fraction of sp³-hybridized carbons (Fsp3) is 0.417. The molecule has 0 radical (unpaired) electrons. The van der Waals surface area contributed by atoms with E-state index in [2.05, 4.69) is 11.9 Å².